The fourth-order valence-corrected chi connectivity index (χ4v) is 1.33. The minimum absolute atomic E-state index is 0.139. The van der Waals surface area contributed by atoms with E-state index in [1.807, 2.05) is 6.92 Å². The van der Waals surface area contributed by atoms with E-state index in [0.717, 1.165) is 11.1 Å². The molecule has 2 N–H and O–H groups in total. The number of carbonyl (C=O) groups is 2. The third-order valence-corrected chi connectivity index (χ3v) is 2.35. The van der Waals surface area contributed by atoms with E-state index in [9.17, 15) is 14.7 Å². The van der Waals surface area contributed by atoms with Gasteiger partial charge in [-0.25, -0.2) is 4.79 Å². The normalized spacial score (nSPS) is 12.2. The first-order valence-corrected chi connectivity index (χ1v) is 4.44. The van der Waals surface area contributed by atoms with Crippen LogP contribution in [0.3, 0.4) is 0 Å². The molecular weight excluding hydrogens is 196 g/mol. The Kier molecular flexibility index (Phi) is 3.21. The van der Waals surface area contributed by atoms with Crippen LogP contribution in [0.15, 0.2) is 12.1 Å². The largest absolute Gasteiger partial charge is 0.479 e. The Labute approximate surface area is 87.2 Å². The van der Waals surface area contributed by atoms with E-state index in [4.69, 9.17) is 5.11 Å². The van der Waals surface area contributed by atoms with Gasteiger partial charge in [0.15, 0.2) is 6.10 Å². The van der Waals surface area contributed by atoms with Gasteiger partial charge in [0.25, 0.3) is 0 Å². The monoisotopic (exact) mass is 208 g/mol. The van der Waals surface area contributed by atoms with Crippen molar-refractivity contribution in [1.82, 2.24) is 0 Å². The molecule has 0 saturated heterocycles. The Morgan fingerprint density at radius 1 is 1.33 bits per heavy atom. The van der Waals surface area contributed by atoms with Gasteiger partial charge in [-0.2, -0.15) is 0 Å². The van der Waals surface area contributed by atoms with Gasteiger partial charge in [-0.1, -0.05) is 6.07 Å². The summed E-state index contributed by atoms with van der Waals surface area (Å²) >= 11 is 0. The summed E-state index contributed by atoms with van der Waals surface area (Å²) in [6.45, 7) is 3.61. The number of aliphatic hydroxyl groups excluding tert-OH is 1. The predicted octanol–water partition coefficient (Wildman–Crippen LogP) is 1.23. The quantitative estimate of drug-likeness (QED) is 0.733. The fraction of sp³-hybridized carbons (Fsp3) is 0.273. The second-order valence-corrected chi connectivity index (χ2v) is 3.42. The van der Waals surface area contributed by atoms with Gasteiger partial charge in [0.1, 0.15) is 6.29 Å². The van der Waals surface area contributed by atoms with E-state index in [1.54, 1.807) is 13.0 Å². The maximum Gasteiger partial charge on any atom is 0.337 e. The number of carbonyl (C=O) groups excluding carboxylic acids is 1. The number of rotatable bonds is 3. The third-order valence-electron chi connectivity index (χ3n) is 2.35. The standard InChI is InChI=1S/C11H12O4/c1-6-3-8(5-12)9(4-7(6)2)10(13)11(14)15/h3-5,10,13H,1-2H3,(H,14,15). The Balaban J connectivity index is 3.33. The lowest BCUT2D eigenvalue weighted by atomic mass is 9.97. The van der Waals surface area contributed by atoms with Crippen LogP contribution in [-0.4, -0.2) is 22.5 Å². The van der Waals surface area contributed by atoms with Crippen molar-refractivity contribution in [3.05, 3.63) is 34.4 Å². The second kappa shape index (κ2) is 4.23. The van der Waals surface area contributed by atoms with Crippen LogP contribution in [0.5, 0.6) is 0 Å². The lowest BCUT2D eigenvalue weighted by Gasteiger charge is -2.11. The van der Waals surface area contributed by atoms with E-state index in [-0.39, 0.29) is 11.1 Å². The number of aliphatic hydroxyl groups is 1. The molecule has 4 nitrogen and oxygen atoms in total. The fourth-order valence-electron chi connectivity index (χ4n) is 1.33. The number of hydrogen-bond donors (Lipinski definition) is 2. The molecular formula is C11H12O4. The number of hydrogen-bond acceptors (Lipinski definition) is 3. The predicted molar refractivity (Wildman–Crippen MR) is 53.9 cm³/mol. The summed E-state index contributed by atoms with van der Waals surface area (Å²) in [5.41, 5.74) is 2.09. The highest BCUT2D eigenvalue weighted by atomic mass is 16.4. The highest BCUT2D eigenvalue weighted by Crippen LogP contribution is 2.21. The first-order chi connectivity index (χ1) is 6.97. The number of carboxylic acids is 1. The first-order valence-electron chi connectivity index (χ1n) is 4.44. The molecule has 15 heavy (non-hydrogen) atoms. The molecule has 0 heterocycles. The Morgan fingerprint density at radius 3 is 2.33 bits per heavy atom. The number of carboxylic acid groups (broad SMARTS) is 1. The topological polar surface area (TPSA) is 74.6 Å². The van der Waals surface area contributed by atoms with Crippen LogP contribution in [-0.2, 0) is 4.79 Å². The Bertz CT molecular complexity index is 409. The van der Waals surface area contributed by atoms with Gasteiger partial charge in [-0.3, -0.25) is 4.79 Å². The molecule has 0 radical (unpaired) electrons. The van der Waals surface area contributed by atoms with Crippen molar-refractivity contribution < 1.29 is 19.8 Å². The average molecular weight is 208 g/mol. The van der Waals surface area contributed by atoms with Gasteiger partial charge in [-0.15, -0.1) is 0 Å². The summed E-state index contributed by atoms with van der Waals surface area (Å²) in [5, 5.41) is 18.0. The first kappa shape index (κ1) is 11.4. The van der Waals surface area contributed by atoms with Crippen LogP contribution in [0, 0.1) is 13.8 Å². The SMILES string of the molecule is Cc1cc(C=O)c(C(O)C(=O)O)cc1C. The van der Waals surface area contributed by atoms with Crippen molar-refractivity contribution >= 4 is 12.3 Å². The summed E-state index contributed by atoms with van der Waals surface area (Å²) in [5.74, 6) is -1.36. The molecule has 1 aromatic carbocycles. The zero-order valence-electron chi connectivity index (χ0n) is 8.52. The summed E-state index contributed by atoms with van der Waals surface area (Å²) in [6.07, 6.45) is -1.10. The van der Waals surface area contributed by atoms with Gasteiger partial charge in [-0.05, 0) is 31.0 Å². The summed E-state index contributed by atoms with van der Waals surface area (Å²) < 4.78 is 0. The van der Waals surface area contributed by atoms with Crippen molar-refractivity contribution in [2.75, 3.05) is 0 Å². The van der Waals surface area contributed by atoms with Crippen LogP contribution in [0.2, 0.25) is 0 Å². The molecule has 0 aliphatic heterocycles. The molecule has 0 aliphatic rings. The highest BCUT2D eigenvalue weighted by molar-refractivity contribution is 5.83. The second-order valence-electron chi connectivity index (χ2n) is 3.42. The van der Waals surface area contributed by atoms with Gasteiger partial charge < -0.3 is 10.2 Å². The molecule has 1 unspecified atom stereocenters. The van der Waals surface area contributed by atoms with Crippen LogP contribution < -0.4 is 0 Å². The number of aryl methyl sites for hydroxylation is 2. The van der Waals surface area contributed by atoms with Crippen molar-refractivity contribution in [3.8, 4) is 0 Å². The van der Waals surface area contributed by atoms with Crippen molar-refractivity contribution in [2.24, 2.45) is 0 Å². The summed E-state index contributed by atoms with van der Waals surface area (Å²) in [7, 11) is 0. The summed E-state index contributed by atoms with van der Waals surface area (Å²) in [6, 6.07) is 3.10. The Morgan fingerprint density at radius 2 is 1.87 bits per heavy atom. The van der Waals surface area contributed by atoms with Gasteiger partial charge >= 0.3 is 5.97 Å². The molecule has 1 rings (SSSR count). The average Bonchev–Trinajstić information content (AvgIpc) is 2.20. The van der Waals surface area contributed by atoms with E-state index >= 15 is 0 Å². The minimum atomic E-state index is -1.65. The van der Waals surface area contributed by atoms with E-state index in [1.165, 1.54) is 6.07 Å². The van der Waals surface area contributed by atoms with E-state index in [2.05, 4.69) is 0 Å². The smallest absolute Gasteiger partial charge is 0.337 e. The molecule has 0 bridgehead atoms. The zero-order chi connectivity index (χ0) is 11.6. The number of aldehydes is 1. The molecule has 1 atom stereocenters. The Hall–Kier alpha value is -1.68. The van der Waals surface area contributed by atoms with Gasteiger partial charge in [0.2, 0.25) is 0 Å². The van der Waals surface area contributed by atoms with Crippen molar-refractivity contribution in [3.63, 3.8) is 0 Å². The lowest BCUT2D eigenvalue weighted by molar-refractivity contribution is -0.146. The molecule has 0 aromatic heterocycles. The minimum Gasteiger partial charge on any atom is -0.479 e. The molecule has 0 amide bonds. The molecule has 80 valence electrons. The zero-order valence-corrected chi connectivity index (χ0v) is 8.52. The van der Waals surface area contributed by atoms with Crippen LogP contribution in [0.25, 0.3) is 0 Å². The molecule has 0 spiro atoms. The summed E-state index contributed by atoms with van der Waals surface area (Å²) in [4.78, 5) is 21.3. The number of aliphatic carboxylic acids is 1. The number of benzene rings is 1. The van der Waals surface area contributed by atoms with Crippen LogP contribution in [0.4, 0.5) is 0 Å². The van der Waals surface area contributed by atoms with Crippen LogP contribution in [0.1, 0.15) is 33.2 Å². The van der Waals surface area contributed by atoms with E-state index < -0.39 is 12.1 Å². The maximum absolute atomic E-state index is 10.7. The lowest BCUT2D eigenvalue weighted by Crippen LogP contribution is -2.13. The van der Waals surface area contributed by atoms with Crippen LogP contribution >= 0.6 is 0 Å². The van der Waals surface area contributed by atoms with Crippen molar-refractivity contribution in [1.29, 1.82) is 0 Å². The molecule has 0 aliphatic carbocycles. The molecule has 1 aromatic rings. The van der Waals surface area contributed by atoms with Crippen molar-refractivity contribution in [2.45, 2.75) is 20.0 Å². The molecule has 4 heteroatoms. The van der Waals surface area contributed by atoms with Gasteiger partial charge in [0, 0.05) is 11.1 Å². The third kappa shape index (κ3) is 2.22. The van der Waals surface area contributed by atoms with Gasteiger partial charge in [0.05, 0.1) is 0 Å². The highest BCUT2D eigenvalue weighted by Gasteiger charge is 2.19. The maximum atomic E-state index is 10.7. The molecule has 0 saturated carbocycles. The molecule has 0 fully saturated rings. The van der Waals surface area contributed by atoms with E-state index in [0.29, 0.717) is 6.29 Å².